The molecule has 1 aromatic carbocycles. The smallest absolute Gasteiger partial charge is 0.223 e. The van der Waals surface area contributed by atoms with Gasteiger partial charge in [0.2, 0.25) is 17.5 Å². The second-order valence-electron chi connectivity index (χ2n) is 4.69. The topological polar surface area (TPSA) is 63.7 Å². The monoisotopic (exact) mass is 303 g/mol. The molecule has 0 radical (unpaired) electrons. The van der Waals surface area contributed by atoms with Gasteiger partial charge in [-0.25, -0.2) is 0 Å². The van der Waals surface area contributed by atoms with Crippen molar-refractivity contribution in [2.75, 3.05) is 26.8 Å². The van der Waals surface area contributed by atoms with Gasteiger partial charge in [-0.05, 0) is 11.6 Å². The minimum Gasteiger partial charge on any atom is -0.383 e. The molecule has 22 heavy (non-hydrogen) atoms. The number of ketones is 2. The molecule has 1 rings (SSSR count). The van der Waals surface area contributed by atoms with Crippen LogP contribution in [-0.2, 0) is 19.1 Å². The molecule has 0 aliphatic rings. The highest BCUT2D eigenvalue weighted by molar-refractivity contribution is 6.43. The van der Waals surface area contributed by atoms with Crippen LogP contribution in [0.5, 0.6) is 0 Å². The Balaban J connectivity index is 2.62. The van der Waals surface area contributed by atoms with Crippen LogP contribution in [0.15, 0.2) is 36.4 Å². The van der Waals surface area contributed by atoms with E-state index in [4.69, 9.17) is 4.74 Å². The summed E-state index contributed by atoms with van der Waals surface area (Å²) in [5.41, 5.74) is 0.838. The lowest BCUT2D eigenvalue weighted by Gasteiger charge is -2.20. The minimum atomic E-state index is -0.616. The highest BCUT2D eigenvalue weighted by Crippen LogP contribution is 2.02. The van der Waals surface area contributed by atoms with Gasteiger partial charge in [-0.1, -0.05) is 43.3 Å². The van der Waals surface area contributed by atoms with Crippen molar-refractivity contribution >= 4 is 23.5 Å². The van der Waals surface area contributed by atoms with E-state index in [1.807, 2.05) is 30.3 Å². The SMILES string of the molecule is CCC(=O)N(CCOC)CC(=O)C(=O)/C=C/c1ccccc1. The van der Waals surface area contributed by atoms with Gasteiger partial charge >= 0.3 is 0 Å². The fraction of sp³-hybridized carbons (Fsp3) is 0.353. The summed E-state index contributed by atoms with van der Waals surface area (Å²) in [5, 5.41) is 0. The number of nitrogens with zero attached hydrogens (tertiary/aromatic N) is 1. The zero-order valence-electron chi connectivity index (χ0n) is 13.0. The van der Waals surface area contributed by atoms with Gasteiger partial charge in [0.1, 0.15) is 0 Å². The number of carbonyl (C=O) groups excluding carboxylic acids is 3. The first-order valence-electron chi connectivity index (χ1n) is 7.15. The molecule has 0 fully saturated rings. The van der Waals surface area contributed by atoms with Crippen LogP contribution in [0, 0.1) is 0 Å². The third-order valence-corrected chi connectivity index (χ3v) is 3.06. The van der Waals surface area contributed by atoms with Crippen molar-refractivity contribution in [2.45, 2.75) is 13.3 Å². The van der Waals surface area contributed by atoms with E-state index < -0.39 is 11.6 Å². The summed E-state index contributed by atoms with van der Waals surface area (Å²) in [7, 11) is 1.52. The molecule has 0 aliphatic carbocycles. The zero-order chi connectivity index (χ0) is 16.4. The van der Waals surface area contributed by atoms with Crippen molar-refractivity contribution in [3.63, 3.8) is 0 Å². The second kappa shape index (κ2) is 9.63. The number of benzene rings is 1. The average Bonchev–Trinajstić information content (AvgIpc) is 2.56. The summed E-state index contributed by atoms with van der Waals surface area (Å²) < 4.78 is 4.91. The molecular weight excluding hydrogens is 282 g/mol. The lowest BCUT2D eigenvalue weighted by atomic mass is 10.1. The Morgan fingerprint density at radius 1 is 1.18 bits per heavy atom. The highest BCUT2D eigenvalue weighted by atomic mass is 16.5. The molecule has 0 unspecified atom stereocenters. The standard InChI is InChI=1S/C17H21NO4/c1-3-17(21)18(11-12-22-2)13-16(20)15(19)10-9-14-7-5-4-6-8-14/h4-10H,3,11-13H2,1-2H3/b10-9+. The summed E-state index contributed by atoms with van der Waals surface area (Å²) in [4.78, 5) is 36.8. The lowest BCUT2D eigenvalue weighted by molar-refractivity contribution is -0.139. The number of carbonyl (C=O) groups is 3. The molecule has 1 aromatic rings. The number of rotatable bonds is 9. The van der Waals surface area contributed by atoms with Crippen molar-refractivity contribution in [1.29, 1.82) is 0 Å². The second-order valence-corrected chi connectivity index (χ2v) is 4.69. The maximum atomic E-state index is 11.9. The number of ether oxygens (including phenoxy) is 1. The summed E-state index contributed by atoms with van der Waals surface area (Å²) in [6, 6.07) is 9.23. The van der Waals surface area contributed by atoms with Crippen LogP contribution in [-0.4, -0.2) is 49.2 Å². The van der Waals surface area contributed by atoms with Crippen molar-refractivity contribution in [2.24, 2.45) is 0 Å². The summed E-state index contributed by atoms with van der Waals surface area (Å²) in [5.74, 6) is -1.40. The normalized spacial score (nSPS) is 10.6. The maximum Gasteiger partial charge on any atom is 0.223 e. The summed E-state index contributed by atoms with van der Waals surface area (Å²) in [6.07, 6.45) is 3.11. The van der Waals surface area contributed by atoms with E-state index in [9.17, 15) is 14.4 Å². The molecule has 118 valence electrons. The first-order valence-corrected chi connectivity index (χ1v) is 7.15. The summed E-state index contributed by atoms with van der Waals surface area (Å²) in [6.45, 7) is 2.12. The number of hydrogen-bond donors (Lipinski definition) is 0. The van der Waals surface area contributed by atoms with Crippen LogP contribution in [0.2, 0.25) is 0 Å². The van der Waals surface area contributed by atoms with E-state index >= 15 is 0 Å². The fourth-order valence-corrected chi connectivity index (χ4v) is 1.80. The molecule has 0 aliphatic heterocycles. The van der Waals surface area contributed by atoms with Gasteiger partial charge in [0.05, 0.1) is 13.2 Å². The molecule has 0 N–H and O–H groups in total. The molecule has 1 amide bonds. The molecule has 0 atom stereocenters. The van der Waals surface area contributed by atoms with Crippen LogP contribution in [0.4, 0.5) is 0 Å². The Kier molecular flexibility index (Phi) is 7.78. The van der Waals surface area contributed by atoms with E-state index in [0.29, 0.717) is 13.2 Å². The third kappa shape index (κ3) is 6.01. The fourth-order valence-electron chi connectivity index (χ4n) is 1.80. The number of amides is 1. The first kappa shape index (κ1) is 17.8. The number of hydrogen-bond acceptors (Lipinski definition) is 4. The molecule has 0 saturated heterocycles. The van der Waals surface area contributed by atoms with Crippen molar-refractivity contribution in [3.8, 4) is 0 Å². The Bertz CT molecular complexity index is 537. The van der Waals surface area contributed by atoms with Gasteiger partial charge in [-0.2, -0.15) is 0 Å². The van der Waals surface area contributed by atoms with Crippen molar-refractivity contribution < 1.29 is 19.1 Å². The van der Waals surface area contributed by atoms with Crippen LogP contribution in [0.3, 0.4) is 0 Å². The summed E-state index contributed by atoms with van der Waals surface area (Å²) >= 11 is 0. The third-order valence-electron chi connectivity index (χ3n) is 3.06. The van der Waals surface area contributed by atoms with Crippen molar-refractivity contribution in [3.05, 3.63) is 42.0 Å². The highest BCUT2D eigenvalue weighted by Gasteiger charge is 2.19. The van der Waals surface area contributed by atoms with Gasteiger partial charge in [0.15, 0.2) is 0 Å². The average molecular weight is 303 g/mol. The van der Waals surface area contributed by atoms with E-state index in [2.05, 4.69) is 0 Å². The van der Waals surface area contributed by atoms with E-state index in [-0.39, 0.29) is 18.9 Å². The molecule has 5 heteroatoms. The first-order chi connectivity index (χ1) is 10.6. The molecule has 5 nitrogen and oxygen atoms in total. The zero-order valence-corrected chi connectivity index (χ0v) is 13.0. The molecule has 0 spiro atoms. The van der Waals surface area contributed by atoms with Crippen LogP contribution in [0.1, 0.15) is 18.9 Å². The van der Waals surface area contributed by atoms with Gasteiger partial charge < -0.3 is 9.64 Å². The Hall–Kier alpha value is -2.27. The molecule has 0 saturated carbocycles. The number of allylic oxidation sites excluding steroid dienone is 1. The predicted molar refractivity (Wildman–Crippen MR) is 84.2 cm³/mol. The van der Waals surface area contributed by atoms with Crippen molar-refractivity contribution in [1.82, 2.24) is 4.90 Å². The molecule has 0 heterocycles. The quantitative estimate of drug-likeness (QED) is 0.515. The van der Waals surface area contributed by atoms with Crippen LogP contribution in [0.25, 0.3) is 6.08 Å². The van der Waals surface area contributed by atoms with Crippen LogP contribution >= 0.6 is 0 Å². The Morgan fingerprint density at radius 2 is 1.86 bits per heavy atom. The van der Waals surface area contributed by atoms with Gasteiger partial charge in [0.25, 0.3) is 0 Å². The van der Waals surface area contributed by atoms with Gasteiger partial charge in [0, 0.05) is 20.1 Å². The van der Waals surface area contributed by atoms with E-state index in [1.54, 1.807) is 13.0 Å². The molecule has 0 bridgehead atoms. The molecule has 0 aromatic heterocycles. The predicted octanol–water partition coefficient (Wildman–Crippen LogP) is 1.72. The number of methoxy groups -OCH3 is 1. The van der Waals surface area contributed by atoms with Crippen LogP contribution < -0.4 is 0 Å². The largest absolute Gasteiger partial charge is 0.383 e. The van der Waals surface area contributed by atoms with Gasteiger partial charge in [-0.3, -0.25) is 14.4 Å². The minimum absolute atomic E-state index is 0.176. The number of Topliss-reactive ketones (excluding diaryl/α,β-unsaturated/α-hetero) is 1. The maximum absolute atomic E-state index is 11.9. The van der Waals surface area contributed by atoms with E-state index in [0.717, 1.165) is 5.56 Å². The Labute approximate surface area is 130 Å². The Morgan fingerprint density at radius 3 is 2.45 bits per heavy atom. The molecular formula is C17H21NO4. The van der Waals surface area contributed by atoms with Gasteiger partial charge in [-0.15, -0.1) is 0 Å². The lowest BCUT2D eigenvalue weighted by Crippen LogP contribution is -2.39. The van der Waals surface area contributed by atoms with E-state index in [1.165, 1.54) is 18.1 Å².